The molecule has 0 heteroatoms. The van der Waals surface area contributed by atoms with Crippen LogP contribution in [0, 0.1) is 11.8 Å². The Bertz CT molecular complexity index is 53.1. The highest BCUT2D eigenvalue weighted by Crippen LogP contribution is 2.27. The van der Waals surface area contributed by atoms with E-state index in [1.165, 1.54) is 25.7 Å². The first-order valence-electron chi connectivity index (χ1n) is 3.79. The van der Waals surface area contributed by atoms with Crippen LogP contribution < -0.4 is 0 Å². The third-order valence-corrected chi connectivity index (χ3v) is 2.30. The zero-order valence-electron chi connectivity index (χ0n) is 5.98. The zero-order valence-corrected chi connectivity index (χ0v) is 5.98. The Morgan fingerprint density at radius 3 is 1.33 bits per heavy atom. The van der Waals surface area contributed by atoms with Gasteiger partial charge in [-0.25, -0.2) is 0 Å². The molecule has 0 nitrogen and oxygen atoms in total. The molecule has 0 aromatic carbocycles. The fourth-order valence-electron chi connectivity index (χ4n) is 1.43. The van der Waals surface area contributed by atoms with Crippen molar-refractivity contribution in [2.75, 3.05) is 0 Å². The van der Waals surface area contributed by atoms with E-state index in [9.17, 15) is 0 Å². The maximum Gasteiger partial charge on any atom is 0 e. The molecule has 58 valence electrons. The van der Waals surface area contributed by atoms with E-state index in [0.29, 0.717) is 0 Å². The van der Waals surface area contributed by atoms with Gasteiger partial charge in [-0.15, -0.1) is 0 Å². The smallest absolute Gasteiger partial charge is 0 e. The van der Waals surface area contributed by atoms with Gasteiger partial charge in [0.2, 0.25) is 0 Å². The quantitative estimate of drug-likeness (QED) is 0.469. The van der Waals surface area contributed by atoms with Gasteiger partial charge in [-0.3, -0.25) is 0 Å². The molecule has 0 spiro atoms. The molecule has 0 aromatic heterocycles. The molecule has 0 amide bonds. The fraction of sp³-hybridized carbons (Fsp3) is 1.00. The van der Waals surface area contributed by atoms with E-state index in [4.69, 9.17) is 0 Å². The number of hydrogen-bond acceptors (Lipinski definition) is 0. The molecule has 0 bridgehead atoms. The second-order valence-electron chi connectivity index (χ2n) is 3.37. The van der Waals surface area contributed by atoms with E-state index in [1.807, 2.05) is 0 Å². The highest BCUT2D eigenvalue weighted by Gasteiger charge is 2.13. The Morgan fingerprint density at radius 2 is 1.11 bits per heavy atom. The van der Waals surface area contributed by atoms with Gasteiger partial charge < -0.3 is 0 Å². The lowest BCUT2D eigenvalue weighted by atomic mass is 9.84. The second kappa shape index (κ2) is 3.92. The molecule has 1 rings (SSSR count). The molecule has 9 heavy (non-hydrogen) atoms. The first-order chi connectivity index (χ1) is 3.79. The fourth-order valence-corrected chi connectivity index (χ4v) is 1.43. The van der Waals surface area contributed by atoms with E-state index in [2.05, 4.69) is 13.8 Å². The predicted molar refractivity (Wildman–Crippen MR) is 45.6 cm³/mol. The highest BCUT2D eigenvalue weighted by atomic mass is 14.2. The average molecular weight is 130 g/mol. The third-order valence-electron chi connectivity index (χ3n) is 2.30. The molecule has 1 aliphatic carbocycles. The Morgan fingerprint density at radius 1 is 0.889 bits per heavy atom. The first kappa shape index (κ1) is 9.00. The van der Waals surface area contributed by atoms with Crippen LogP contribution in [0.1, 0.15) is 48.4 Å². The Balaban J connectivity index is 0. The Hall–Kier alpha value is 0. The standard InChI is InChI=1S/C8H16.CH4.H2/c1-7-3-5-8(2)6-4-7;;/h7-8H,3-6H2,1-2H3;1H4;1H. The zero-order chi connectivity index (χ0) is 5.98. The van der Waals surface area contributed by atoms with Crippen LogP contribution in [0.25, 0.3) is 0 Å². The summed E-state index contributed by atoms with van der Waals surface area (Å²) < 4.78 is 0. The van der Waals surface area contributed by atoms with E-state index in [1.54, 1.807) is 0 Å². The molecule has 1 aliphatic rings. The van der Waals surface area contributed by atoms with Gasteiger partial charge in [-0.05, 0) is 11.8 Å². The summed E-state index contributed by atoms with van der Waals surface area (Å²) >= 11 is 0. The molecule has 0 saturated heterocycles. The molecule has 0 N–H and O–H groups in total. The normalized spacial score (nSPS) is 35.3. The molecule has 0 atom stereocenters. The lowest BCUT2D eigenvalue weighted by molar-refractivity contribution is 0.308. The second-order valence-corrected chi connectivity index (χ2v) is 3.37. The van der Waals surface area contributed by atoms with Crippen molar-refractivity contribution in [3.05, 3.63) is 0 Å². The van der Waals surface area contributed by atoms with Gasteiger partial charge in [-0.2, -0.15) is 0 Å². The minimum Gasteiger partial charge on any atom is -0.0776 e. The Kier molecular flexibility index (Phi) is 3.92. The van der Waals surface area contributed by atoms with Crippen LogP contribution >= 0.6 is 0 Å². The van der Waals surface area contributed by atoms with Gasteiger partial charge in [-0.1, -0.05) is 47.0 Å². The Labute approximate surface area is 61.1 Å². The lowest BCUT2D eigenvalue weighted by Crippen LogP contribution is -2.08. The van der Waals surface area contributed by atoms with Crippen LogP contribution in [0.4, 0.5) is 0 Å². The minimum atomic E-state index is 0. The molecule has 0 unspecified atom stereocenters. The number of hydrogen-bond donors (Lipinski definition) is 0. The summed E-state index contributed by atoms with van der Waals surface area (Å²) in [6.07, 6.45) is 5.89. The summed E-state index contributed by atoms with van der Waals surface area (Å²) in [7, 11) is 0. The minimum absolute atomic E-state index is 0. The van der Waals surface area contributed by atoms with Crippen molar-refractivity contribution < 1.29 is 1.43 Å². The summed E-state index contributed by atoms with van der Waals surface area (Å²) in [4.78, 5) is 0. The monoisotopic (exact) mass is 130 g/mol. The average Bonchev–Trinajstić information content (AvgIpc) is 1.77. The molecule has 1 fully saturated rings. The van der Waals surface area contributed by atoms with Crippen molar-refractivity contribution >= 4 is 0 Å². The summed E-state index contributed by atoms with van der Waals surface area (Å²) in [5.74, 6) is 2.04. The largest absolute Gasteiger partial charge is 0.0776 e. The van der Waals surface area contributed by atoms with Crippen LogP contribution in [0.3, 0.4) is 0 Å². The van der Waals surface area contributed by atoms with Crippen molar-refractivity contribution in [2.45, 2.75) is 47.0 Å². The maximum atomic E-state index is 2.37. The van der Waals surface area contributed by atoms with Crippen molar-refractivity contribution in [1.82, 2.24) is 0 Å². The summed E-state index contributed by atoms with van der Waals surface area (Å²) in [5.41, 5.74) is 0. The van der Waals surface area contributed by atoms with Crippen LogP contribution in [0.5, 0.6) is 0 Å². The highest BCUT2D eigenvalue weighted by molar-refractivity contribution is 4.65. The van der Waals surface area contributed by atoms with Crippen LogP contribution in [0.15, 0.2) is 0 Å². The van der Waals surface area contributed by atoms with Gasteiger partial charge in [0, 0.05) is 1.43 Å². The molecule has 0 aliphatic heterocycles. The van der Waals surface area contributed by atoms with Crippen molar-refractivity contribution in [1.29, 1.82) is 0 Å². The molecule has 0 radical (unpaired) electrons. The van der Waals surface area contributed by atoms with Gasteiger partial charge in [0.05, 0.1) is 0 Å². The summed E-state index contributed by atoms with van der Waals surface area (Å²) in [6, 6.07) is 0. The molecular formula is C9H22. The molecule has 0 heterocycles. The SMILES string of the molecule is C.CC1CCC(C)CC1.[HH]. The van der Waals surface area contributed by atoms with Crippen molar-refractivity contribution in [3.8, 4) is 0 Å². The van der Waals surface area contributed by atoms with Crippen LogP contribution in [-0.2, 0) is 0 Å². The van der Waals surface area contributed by atoms with Gasteiger partial charge in [0.25, 0.3) is 0 Å². The van der Waals surface area contributed by atoms with Gasteiger partial charge >= 0.3 is 0 Å². The predicted octanol–water partition coefficient (Wildman–Crippen LogP) is 3.71. The molecule has 1 saturated carbocycles. The van der Waals surface area contributed by atoms with Gasteiger partial charge in [0.1, 0.15) is 0 Å². The maximum absolute atomic E-state index is 2.37. The lowest BCUT2D eigenvalue weighted by Gasteiger charge is -2.22. The van der Waals surface area contributed by atoms with E-state index >= 15 is 0 Å². The van der Waals surface area contributed by atoms with Crippen molar-refractivity contribution in [3.63, 3.8) is 0 Å². The molecular weight excluding hydrogens is 108 g/mol. The first-order valence-corrected chi connectivity index (χ1v) is 3.79. The van der Waals surface area contributed by atoms with E-state index in [0.717, 1.165) is 11.8 Å². The van der Waals surface area contributed by atoms with Gasteiger partial charge in [0.15, 0.2) is 0 Å². The third kappa shape index (κ3) is 2.88. The van der Waals surface area contributed by atoms with E-state index < -0.39 is 0 Å². The number of rotatable bonds is 0. The topological polar surface area (TPSA) is 0 Å². The summed E-state index contributed by atoms with van der Waals surface area (Å²) in [6.45, 7) is 4.73. The van der Waals surface area contributed by atoms with E-state index in [-0.39, 0.29) is 8.85 Å². The van der Waals surface area contributed by atoms with Crippen LogP contribution in [0.2, 0.25) is 0 Å². The van der Waals surface area contributed by atoms with Crippen molar-refractivity contribution in [2.24, 2.45) is 11.8 Å². The van der Waals surface area contributed by atoms with Crippen LogP contribution in [-0.4, -0.2) is 0 Å². The molecule has 0 aromatic rings. The summed E-state index contributed by atoms with van der Waals surface area (Å²) in [5, 5.41) is 0.